The summed E-state index contributed by atoms with van der Waals surface area (Å²) < 4.78 is 46.1. The van der Waals surface area contributed by atoms with Crippen LogP contribution in [0.5, 0.6) is 0 Å². The van der Waals surface area contributed by atoms with Gasteiger partial charge >= 0.3 is 12.1 Å². The molecule has 156 valence electrons. The van der Waals surface area contributed by atoms with E-state index in [9.17, 15) is 18.0 Å². The Bertz CT molecular complexity index is 1420. The second kappa shape index (κ2) is 7.23. The second-order valence-corrected chi connectivity index (χ2v) is 6.64. The number of hydrogen-bond acceptors (Lipinski definition) is 6. The van der Waals surface area contributed by atoms with Crippen LogP contribution in [0.4, 0.5) is 13.2 Å². The van der Waals surface area contributed by atoms with Gasteiger partial charge in [0.2, 0.25) is 5.89 Å². The molecule has 0 aliphatic heterocycles. The summed E-state index contributed by atoms with van der Waals surface area (Å²) in [7, 11) is 0. The zero-order valence-electron chi connectivity index (χ0n) is 15.5. The minimum absolute atomic E-state index is 0.0652. The number of benzene rings is 1. The van der Waals surface area contributed by atoms with Crippen molar-refractivity contribution in [2.24, 2.45) is 0 Å². The molecule has 4 heterocycles. The van der Waals surface area contributed by atoms with Crippen molar-refractivity contribution in [2.45, 2.75) is 13.0 Å². The van der Waals surface area contributed by atoms with Crippen LogP contribution in [0.25, 0.3) is 33.6 Å². The van der Waals surface area contributed by atoms with Crippen LogP contribution >= 0.6 is 0 Å². The lowest BCUT2D eigenvalue weighted by atomic mass is 10.1. The van der Waals surface area contributed by atoms with Crippen LogP contribution in [0.3, 0.4) is 0 Å². The maximum atomic E-state index is 14.6. The first kappa shape index (κ1) is 18.8. The molecule has 12 heteroatoms. The Morgan fingerprint density at radius 1 is 1.13 bits per heavy atom. The fourth-order valence-corrected chi connectivity index (χ4v) is 3.20. The normalized spacial score (nSPS) is 11.6. The monoisotopic (exact) mass is 427 g/mol. The maximum absolute atomic E-state index is 14.6. The van der Waals surface area contributed by atoms with Crippen molar-refractivity contribution in [3.63, 3.8) is 0 Å². The van der Waals surface area contributed by atoms with E-state index in [0.29, 0.717) is 33.4 Å². The first-order valence-electron chi connectivity index (χ1n) is 8.97. The Morgan fingerprint density at radius 2 is 2.00 bits per heavy atom. The van der Waals surface area contributed by atoms with Gasteiger partial charge in [-0.25, -0.2) is 9.18 Å². The van der Waals surface area contributed by atoms with E-state index >= 15 is 0 Å². The molecule has 0 aliphatic rings. The second-order valence-electron chi connectivity index (χ2n) is 6.64. The smallest absolute Gasteiger partial charge is 0.326 e. The van der Waals surface area contributed by atoms with Crippen LogP contribution in [0.15, 0.2) is 52.1 Å². The largest absolute Gasteiger partial charge is 0.415 e. The quantitative estimate of drug-likeness (QED) is 0.444. The van der Waals surface area contributed by atoms with E-state index in [1.165, 1.54) is 23.0 Å². The third kappa shape index (κ3) is 3.37. The number of rotatable bonds is 5. The highest BCUT2D eigenvalue weighted by Gasteiger charge is 2.18. The number of hydrogen-bond donors (Lipinski definition) is 2. The van der Waals surface area contributed by atoms with Crippen molar-refractivity contribution in [3.8, 4) is 22.6 Å². The average Bonchev–Trinajstić information content (AvgIpc) is 3.50. The van der Waals surface area contributed by atoms with Crippen LogP contribution in [0.2, 0.25) is 0 Å². The maximum Gasteiger partial charge on any atom is 0.326 e. The summed E-state index contributed by atoms with van der Waals surface area (Å²) >= 11 is 0. The van der Waals surface area contributed by atoms with Gasteiger partial charge in [0.05, 0.1) is 35.0 Å². The third-order valence-electron chi connectivity index (χ3n) is 4.69. The Hall–Kier alpha value is -4.22. The number of aromatic amines is 2. The van der Waals surface area contributed by atoms with E-state index in [1.807, 2.05) is 0 Å². The Labute approximate surface area is 170 Å². The summed E-state index contributed by atoms with van der Waals surface area (Å²) in [6, 6.07) is 5.96. The summed E-state index contributed by atoms with van der Waals surface area (Å²) in [6.45, 7) is 0.0652. The number of alkyl halides is 2. The van der Waals surface area contributed by atoms with Gasteiger partial charge in [-0.3, -0.25) is 14.6 Å². The predicted molar refractivity (Wildman–Crippen MR) is 102 cm³/mol. The molecule has 4 aromatic heterocycles. The highest BCUT2D eigenvalue weighted by molar-refractivity contribution is 5.82. The molecule has 0 saturated heterocycles. The molecule has 0 unspecified atom stereocenters. The van der Waals surface area contributed by atoms with E-state index in [4.69, 9.17) is 4.42 Å². The fourth-order valence-electron chi connectivity index (χ4n) is 3.20. The van der Waals surface area contributed by atoms with Crippen LogP contribution in [0, 0.1) is 5.82 Å². The molecule has 0 saturated carbocycles. The lowest BCUT2D eigenvalue weighted by molar-refractivity contribution is 0.116. The molecule has 9 nitrogen and oxygen atoms in total. The summed E-state index contributed by atoms with van der Waals surface area (Å²) in [6.07, 6.45) is 1.55. The number of fused-ring (bicyclic) bond motifs is 1. The van der Waals surface area contributed by atoms with Crippen LogP contribution < -0.4 is 5.69 Å². The molecule has 0 radical (unpaired) electrons. The SMILES string of the molecule is O=c1[nH]c2cc(-c3cn[nH]c3)c(F)cc2n1Cc1ccc(-c2nnc(C(F)F)o2)cn1. The molecule has 5 rings (SSSR count). The molecule has 2 N–H and O–H groups in total. The number of aromatic nitrogens is 7. The highest BCUT2D eigenvalue weighted by Crippen LogP contribution is 2.26. The molecule has 0 spiro atoms. The Balaban J connectivity index is 1.45. The van der Waals surface area contributed by atoms with Gasteiger partial charge < -0.3 is 9.40 Å². The van der Waals surface area contributed by atoms with Gasteiger partial charge in [-0.15, -0.1) is 10.2 Å². The molecule has 0 atom stereocenters. The highest BCUT2D eigenvalue weighted by atomic mass is 19.3. The molecule has 0 bridgehead atoms. The van der Waals surface area contributed by atoms with Crippen LogP contribution in [0.1, 0.15) is 18.0 Å². The fraction of sp³-hybridized carbons (Fsp3) is 0.105. The van der Waals surface area contributed by atoms with Crippen molar-refractivity contribution in [1.82, 2.24) is 34.9 Å². The molecule has 0 fully saturated rings. The Morgan fingerprint density at radius 3 is 2.68 bits per heavy atom. The first-order chi connectivity index (χ1) is 15.0. The Kier molecular flexibility index (Phi) is 4.38. The summed E-state index contributed by atoms with van der Waals surface area (Å²) in [5.74, 6) is -1.37. The van der Waals surface area contributed by atoms with Crippen LogP contribution in [-0.4, -0.2) is 34.9 Å². The third-order valence-corrected chi connectivity index (χ3v) is 4.69. The zero-order chi connectivity index (χ0) is 21.5. The molecule has 0 aliphatic carbocycles. The van der Waals surface area contributed by atoms with Crippen molar-refractivity contribution in [1.29, 1.82) is 0 Å². The lowest BCUT2D eigenvalue weighted by Crippen LogP contribution is -2.17. The van der Waals surface area contributed by atoms with Gasteiger partial charge in [-0.2, -0.15) is 13.9 Å². The number of pyridine rings is 1. The minimum Gasteiger partial charge on any atom is -0.415 e. The number of halogens is 3. The summed E-state index contributed by atoms with van der Waals surface area (Å²) in [5, 5.41) is 13.3. The molecule has 31 heavy (non-hydrogen) atoms. The van der Waals surface area contributed by atoms with Gasteiger partial charge in [-0.1, -0.05) is 0 Å². The molecular weight excluding hydrogens is 415 g/mol. The standard InChI is InChI=1S/C19H12F3N7O2/c20-13-4-15-14(3-12(13)10-6-24-25-7-10)26-19(30)29(15)8-11-2-1-9(5-23-11)17-27-28-18(31-17)16(21)22/h1-7,16H,8H2,(H,24,25)(H,26,30). The topological polar surface area (TPSA) is 118 Å². The molecule has 1 aromatic carbocycles. The van der Waals surface area contributed by atoms with E-state index in [-0.39, 0.29) is 12.4 Å². The van der Waals surface area contributed by atoms with Gasteiger partial charge in [0.1, 0.15) is 5.82 Å². The number of imidazole rings is 1. The summed E-state index contributed by atoms with van der Waals surface area (Å²) in [5.41, 5.74) is 2.11. The minimum atomic E-state index is -2.86. The number of nitrogens with zero attached hydrogens (tertiary/aromatic N) is 5. The van der Waals surface area contributed by atoms with Crippen LogP contribution in [-0.2, 0) is 6.54 Å². The van der Waals surface area contributed by atoms with E-state index < -0.39 is 23.8 Å². The van der Waals surface area contributed by atoms with Gasteiger partial charge in [0.15, 0.2) is 0 Å². The van der Waals surface area contributed by atoms with Gasteiger partial charge in [-0.05, 0) is 18.2 Å². The van der Waals surface area contributed by atoms with E-state index in [1.54, 1.807) is 24.4 Å². The lowest BCUT2D eigenvalue weighted by Gasteiger charge is -2.05. The number of nitrogens with one attached hydrogen (secondary N) is 2. The van der Waals surface area contributed by atoms with Crippen molar-refractivity contribution < 1.29 is 17.6 Å². The zero-order valence-corrected chi connectivity index (χ0v) is 15.5. The first-order valence-corrected chi connectivity index (χ1v) is 8.97. The molecular formula is C19H12F3N7O2. The summed E-state index contributed by atoms with van der Waals surface area (Å²) in [4.78, 5) is 19.4. The van der Waals surface area contributed by atoms with Crippen molar-refractivity contribution in [3.05, 3.63) is 70.7 Å². The van der Waals surface area contributed by atoms with Crippen molar-refractivity contribution >= 4 is 11.0 Å². The van der Waals surface area contributed by atoms with E-state index in [0.717, 1.165) is 0 Å². The van der Waals surface area contributed by atoms with Crippen molar-refractivity contribution in [2.75, 3.05) is 0 Å². The average molecular weight is 427 g/mol. The van der Waals surface area contributed by atoms with E-state index in [2.05, 4.69) is 30.4 Å². The molecule has 5 aromatic rings. The van der Waals surface area contributed by atoms with Gasteiger partial charge in [0, 0.05) is 29.6 Å². The molecule has 0 amide bonds. The predicted octanol–water partition coefficient (Wildman–Crippen LogP) is 3.29. The number of H-pyrrole nitrogens is 2. The van der Waals surface area contributed by atoms with Gasteiger partial charge in [0.25, 0.3) is 5.89 Å².